The number of pyridine rings is 1. The Morgan fingerprint density at radius 3 is 2.83 bits per heavy atom. The van der Waals surface area contributed by atoms with Crippen LogP contribution in [0.25, 0.3) is 0 Å². The van der Waals surface area contributed by atoms with E-state index in [1.54, 1.807) is 30.3 Å². The van der Waals surface area contributed by atoms with Gasteiger partial charge in [0.1, 0.15) is 5.75 Å². The van der Waals surface area contributed by atoms with Gasteiger partial charge in [-0.3, -0.25) is 4.79 Å². The number of anilines is 1. The molecule has 0 unspecified atom stereocenters. The maximum atomic E-state index is 12.3. The lowest BCUT2D eigenvalue weighted by molar-refractivity contribution is 0.103. The third kappa shape index (κ3) is 2.43. The minimum atomic E-state index is -0.276. The Hall–Kier alpha value is -2.07. The average Bonchev–Trinajstić information content (AvgIpc) is 2.36. The first-order valence-corrected chi connectivity index (χ1v) is 5.59. The highest BCUT2D eigenvalue weighted by atomic mass is 35.5. The Morgan fingerprint density at radius 1 is 1.39 bits per heavy atom. The second kappa shape index (κ2) is 5.06. The number of hydrogen-bond acceptors (Lipinski definition) is 4. The smallest absolute Gasteiger partial charge is 0.215 e. The number of ketones is 1. The molecule has 2 aromatic rings. The fourth-order valence-electron chi connectivity index (χ4n) is 1.61. The average molecular weight is 263 g/mol. The fourth-order valence-corrected chi connectivity index (χ4v) is 1.85. The number of carbonyl (C=O) groups excluding carboxylic acids is 1. The standard InChI is InChI=1S/C13H11ClN2O2/c1-18-11-3-2-4-16-12(11)13(17)8-5-9(14)7-10(15)6-8/h2-7H,15H2,1H3. The molecule has 0 saturated heterocycles. The van der Waals surface area contributed by atoms with Crippen molar-refractivity contribution in [1.29, 1.82) is 0 Å². The second-order valence-electron chi connectivity index (χ2n) is 3.66. The minimum Gasteiger partial charge on any atom is -0.494 e. The Balaban J connectivity index is 2.47. The van der Waals surface area contributed by atoms with Crippen molar-refractivity contribution in [2.24, 2.45) is 0 Å². The summed E-state index contributed by atoms with van der Waals surface area (Å²) in [5.74, 6) is 0.141. The molecule has 0 spiro atoms. The molecule has 2 N–H and O–H groups in total. The summed E-state index contributed by atoms with van der Waals surface area (Å²) in [5, 5.41) is 0.410. The molecule has 1 aromatic carbocycles. The van der Waals surface area contributed by atoms with E-state index in [1.807, 2.05) is 0 Å². The number of rotatable bonds is 3. The quantitative estimate of drug-likeness (QED) is 0.682. The van der Waals surface area contributed by atoms with Crippen molar-refractivity contribution in [3.05, 3.63) is 52.8 Å². The van der Waals surface area contributed by atoms with Crippen molar-refractivity contribution in [1.82, 2.24) is 4.98 Å². The Kier molecular flexibility index (Phi) is 3.48. The molecule has 0 aliphatic carbocycles. The molecule has 2 rings (SSSR count). The molecule has 0 amide bonds. The van der Waals surface area contributed by atoms with E-state index >= 15 is 0 Å². The number of hydrogen-bond donors (Lipinski definition) is 1. The van der Waals surface area contributed by atoms with Crippen molar-refractivity contribution in [3.63, 3.8) is 0 Å². The van der Waals surface area contributed by atoms with Crippen LogP contribution in [0, 0.1) is 0 Å². The molecule has 0 radical (unpaired) electrons. The predicted molar refractivity (Wildman–Crippen MR) is 70.1 cm³/mol. The number of benzene rings is 1. The van der Waals surface area contributed by atoms with Crippen LogP contribution in [0.4, 0.5) is 5.69 Å². The molecule has 1 aromatic heterocycles. The van der Waals surface area contributed by atoms with Crippen molar-refractivity contribution in [3.8, 4) is 5.75 Å². The van der Waals surface area contributed by atoms with Gasteiger partial charge in [-0.1, -0.05) is 11.6 Å². The summed E-state index contributed by atoms with van der Waals surface area (Å²) in [6, 6.07) is 8.06. The molecule has 0 atom stereocenters. The number of nitrogens with two attached hydrogens (primary N) is 1. The number of carbonyl (C=O) groups is 1. The van der Waals surface area contributed by atoms with Crippen molar-refractivity contribution < 1.29 is 9.53 Å². The highest BCUT2D eigenvalue weighted by Gasteiger charge is 2.16. The van der Waals surface area contributed by atoms with Crippen molar-refractivity contribution >= 4 is 23.1 Å². The summed E-state index contributed by atoms with van der Waals surface area (Å²) >= 11 is 5.87. The van der Waals surface area contributed by atoms with Crippen LogP contribution in [0.1, 0.15) is 16.1 Å². The number of methoxy groups -OCH3 is 1. The number of nitrogen functional groups attached to an aromatic ring is 1. The molecule has 0 aliphatic heterocycles. The Labute approximate surface area is 109 Å². The van der Waals surface area contributed by atoms with E-state index in [0.717, 1.165) is 0 Å². The molecule has 18 heavy (non-hydrogen) atoms. The minimum absolute atomic E-state index is 0.238. The molecule has 4 nitrogen and oxygen atoms in total. The largest absolute Gasteiger partial charge is 0.494 e. The summed E-state index contributed by atoms with van der Waals surface area (Å²) in [6.45, 7) is 0. The highest BCUT2D eigenvalue weighted by molar-refractivity contribution is 6.31. The maximum absolute atomic E-state index is 12.3. The van der Waals surface area contributed by atoms with Crippen molar-refractivity contribution in [2.45, 2.75) is 0 Å². The molecule has 5 heteroatoms. The van der Waals surface area contributed by atoms with Gasteiger partial charge in [-0.2, -0.15) is 0 Å². The van der Waals surface area contributed by atoms with Gasteiger partial charge in [-0.25, -0.2) is 4.98 Å². The van der Waals surface area contributed by atoms with Gasteiger partial charge >= 0.3 is 0 Å². The number of ether oxygens (including phenoxy) is 1. The molecular formula is C13H11ClN2O2. The van der Waals surface area contributed by atoms with E-state index in [-0.39, 0.29) is 11.5 Å². The van der Waals surface area contributed by atoms with Gasteiger partial charge in [0.05, 0.1) is 7.11 Å². The molecule has 92 valence electrons. The van der Waals surface area contributed by atoms with E-state index in [2.05, 4.69) is 4.98 Å². The summed E-state index contributed by atoms with van der Waals surface area (Å²) in [7, 11) is 1.49. The lowest BCUT2D eigenvalue weighted by atomic mass is 10.1. The van der Waals surface area contributed by atoms with Crippen LogP contribution < -0.4 is 10.5 Å². The molecule has 0 aliphatic rings. The van der Waals surface area contributed by atoms with Gasteiger partial charge in [0, 0.05) is 22.5 Å². The summed E-state index contributed by atoms with van der Waals surface area (Å²) in [5.41, 5.74) is 6.71. The van der Waals surface area contributed by atoms with E-state index in [4.69, 9.17) is 22.1 Å². The zero-order valence-corrected chi connectivity index (χ0v) is 10.4. The summed E-state index contributed by atoms with van der Waals surface area (Å²) < 4.78 is 5.10. The maximum Gasteiger partial charge on any atom is 0.215 e. The SMILES string of the molecule is COc1cccnc1C(=O)c1cc(N)cc(Cl)c1. The molecular weight excluding hydrogens is 252 g/mol. The first-order chi connectivity index (χ1) is 8.61. The lowest BCUT2D eigenvalue weighted by Gasteiger charge is -2.07. The van der Waals surface area contributed by atoms with E-state index in [1.165, 1.54) is 13.3 Å². The Bertz CT molecular complexity index is 579. The predicted octanol–water partition coefficient (Wildman–Crippen LogP) is 2.56. The van der Waals surface area contributed by atoms with E-state index < -0.39 is 0 Å². The topological polar surface area (TPSA) is 65.2 Å². The van der Waals surface area contributed by atoms with Crippen molar-refractivity contribution in [2.75, 3.05) is 12.8 Å². The third-order valence-corrected chi connectivity index (χ3v) is 2.61. The van der Waals surface area contributed by atoms with Crippen LogP contribution in [-0.2, 0) is 0 Å². The Morgan fingerprint density at radius 2 is 2.17 bits per heavy atom. The van der Waals surface area contributed by atoms with Gasteiger partial charge in [0.25, 0.3) is 0 Å². The van der Waals surface area contributed by atoms with Crippen LogP contribution in [0.5, 0.6) is 5.75 Å². The third-order valence-electron chi connectivity index (χ3n) is 2.39. The molecule has 0 saturated carbocycles. The van der Waals surface area contributed by atoms with Crippen LogP contribution in [-0.4, -0.2) is 17.9 Å². The first kappa shape index (κ1) is 12.4. The van der Waals surface area contributed by atoms with Gasteiger partial charge in [-0.15, -0.1) is 0 Å². The normalized spacial score (nSPS) is 10.1. The zero-order valence-electron chi connectivity index (χ0n) is 9.68. The van der Waals surface area contributed by atoms with Gasteiger partial charge in [0.15, 0.2) is 5.69 Å². The number of aromatic nitrogens is 1. The first-order valence-electron chi connectivity index (χ1n) is 5.21. The van der Waals surface area contributed by atoms with E-state index in [0.29, 0.717) is 22.0 Å². The zero-order chi connectivity index (χ0) is 13.1. The summed E-state index contributed by atoms with van der Waals surface area (Å²) in [4.78, 5) is 16.3. The van der Waals surface area contributed by atoms with Crippen LogP contribution in [0.15, 0.2) is 36.5 Å². The van der Waals surface area contributed by atoms with E-state index in [9.17, 15) is 4.79 Å². The van der Waals surface area contributed by atoms with Gasteiger partial charge in [0.2, 0.25) is 5.78 Å². The summed E-state index contributed by atoms with van der Waals surface area (Å²) in [6.07, 6.45) is 1.53. The van der Waals surface area contributed by atoms with Crippen LogP contribution in [0.3, 0.4) is 0 Å². The molecule has 0 fully saturated rings. The second-order valence-corrected chi connectivity index (χ2v) is 4.09. The number of nitrogens with zero attached hydrogens (tertiary/aromatic N) is 1. The molecule has 1 heterocycles. The highest BCUT2D eigenvalue weighted by Crippen LogP contribution is 2.22. The fraction of sp³-hybridized carbons (Fsp3) is 0.0769. The van der Waals surface area contributed by atoms with Crippen LogP contribution in [0.2, 0.25) is 5.02 Å². The monoisotopic (exact) mass is 262 g/mol. The van der Waals surface area contributed by atoms with Gasteiger partial charge < -0.3 is 10.5 Å². The number of halogens is 1. The lowest BCUT2D eigenvalue weighted by Crippen LogP contribution is -2.07. The molecule has 0 bridgehead atoms. The van der Waals surface area contributed by atoms with Crippen LogP contribution >= 0.6 is 11.6 Å². The van der Waals surface area contributed by atoms with Gasteiger partial charge in [-0.05, 0) is 30.3 Å².